The summed E-state index contributed by atoms with van der Waals surface area (Å²) in [6, 6.07) is 21.9. The highest BCUT2D eigenvalue weighted by atomic mass is 32.2. The Balaban J connectivity index is 1.70. The van der Waals surface area contributed by atoms with E-state index in [2.05, 4.69) is 35.6 Å². The van der Waals surface area contributed by atoms with Gasteiger partial charge in [-0.1, -0.05) is 49.4 Å². The van der Waals surface area contributed by atoms with Gasteiger partial charge < -0.3 is 13.9 Å². The third-order valence-electron chi connectivity index (χ3n) is 6.15. The van der Waals surface area contributed by atoms with Crippen LogP contribution in [0.2, 0.25) is 0 Å². The van der Waals surface area contributed by atoms with E-state index in [1.165, 1.54) is 11.8 Å². The van der Waals surface area contributed by atoms with Gasteiger partial charge in [-0.05, 0) is 75.1 Å². The van der Waals surface area contributed by atoms with E-state index in [1.54, 1.807) is 6.92 Å². The van der Waals surface area contributed by atoms with Crippen LogP contribution < -0.4 is 4.74 Å². The van der Waals surface area contributed by atoms with E-state index < -0.39 is 15.7 Å². The molecule has 0 radical (unpaired) electrons. The van der Waals surface area contributed by atoms with Crippen molar-refractivity contribution in [3.63, 3.8) is 0 Å². The standard InChI is InChI=1S/C32H35NO5S/c1-6-22-11-10-13-24(15-22)28-17-23(21-37-29-14-9-8-12-25(29)19-30(34)36-7-2)16-26-18-27(38-31(26)28)20-33-39(35)32(3,4)5/h8-18,20H,6-7,19,21H2,1-5H3/t39-/m1/s1. The van der Waals surface area contributed by atoms with Gasteiger partial charge in [0, 0.05) is 16.5 Å². The molecule has 6 nitrogen and oxygen atoms in total. The molecule has 1 heterocycles. The minimum atomic E-state index is -1.39. The Kier molecular flexibility index (Phi) is 9.02. The number of esters is 1. The summed E-state index contributed by atoms with van der Waals surface area (Å²) in [5.41, 5.74) is 5.68. The van der Waals surface area contributed by atoms with E-state index >= 15 is 0 Å². The first kappa shape index (κ1) is 28.3. The van der Waals surface area contributed by atoms with Gasteiger partial charge in [0.2, 0.25) is 0 Å². The molecule has 0 aliphatic rings. The molecule has 0 unspecified atom stereocenters. The Hall–Kier alpha value is -3.71. The van der Waals surface area contributed by atoms with Crippen molar-refractivity contribution in [3.05, 3.63) is 89.2 Å². The normalized spacial score (nSPS) is 12.6. The molecule has 4 aromatic rings. The lowest BCUT2D eigenvalue weighted by Crippen LogP contribution is -2.19. The maximum Gasteiger partial charge on any atom is 0.310 e. The Morgan fingerprint density at radius 1 is 1.00 bits per heavy atom. The van der Waals surface area contributed by atoms with Crippen LogP contribution in [-0.4, -0.2) is 27.7 Å². The van der Waals surface area contributed by atoms with Gasteiger partial charge in [0.15, 0.2) is 0 Å². The summed E-state index contributed by atoms with van der Waals surface area (Å²) in [4.78, 5) is 12.1. The molecule has 0 aliphatic carbocycles. The maximum atomic E-state index is 12.4. The Morgan fingerprint density at radius 3 is 2.54 bits per heavy atom. The van der Waals surface area contributed by atoms with Crippen LogP contribution in [0.3, 0.4) is 0 Å². The van der Waals surface area contributed by atoms with E-state index in [0.29, 0.717) is 24.7 Å². The van der Waals surface area contributed by atoms with Crippen molar-refractivity contribution in [1.29, 1.82) is 0 Å². The summed E-state index contributed by atoms with van der Waals surface area (Å²) in [6.45, 7) is 10.2. The first-order chi connectivity index (χ1) is 18.7. The third-order valence-corrected chi connectivity index (χ3v) is 7.49. The summed E-state index contributed by atoms with van der Waals surface area (Å²) < 4.78 is 33.8. The number of hydrogen-bond acceptors (Lipinski definition) is 5. The lowest BCUT2D eigenvalue weighted by Gasteiger charge is -2.13. The predicted octanol–water partition coefficient (Wildman–Crippen LogP) is 7.23. The smallest absolute Gasteiger partial charge is 0.310 e. The molecule has 0 bridgehead atoms. The first-order valence-electron chi connectivity index (χ1n) is 13.2. The zero-order valence-corrected chi connectivity index (χ0v) is 24.0. The Morgan fingerprint density at radius 2 is 1.79 bits per heavy atom. The molecule has 1 aromatic heterocycles. The van der Waals surface area contributed by atoms with Gasteiger partial charge in [0.25, 0.3) is 0 Å². The van der Waals surface area contributed by atoms with Crippen molar-refractivity contribution < 1.29 is 22.9 Å². The molecule has 0 spiro atoms. The quantitative estimate of drug-likeness (QED) is 0.155. The molecular weight excluding hydrogens is 510 g/mol. The zero-order chi connectivity index (χ0) is 28.0. The fraction of sp³-hybridized carbons (Fsp3) is 0.312. The molecule has 0 N–H and O–H groups in total. The summed E-state index contributed by atoms with van der Waals surface area (Å²) in [7, 11) is -1.39. The number of rotatable bonds is 10. The lowest BCUT2D eigenvalue weighted by molar-refractivity contribution is -0.142. The number of para-hydroxylation sites is 1. The van der Waals surface area contributed by atoms with Crippen LogP contribution in [0.1, 0.15) is 57.1 Å². The van der Waals surface area contributed by atoms with Gasteiger partial charge in [0.1, 0.15) is 34.7 Å². The van der Waals surface area contributed by atoms with Crippen molar-refractivity contribution in [3.8, 4) is 16.9 Å². The number of carbonyl (C=O) groups excluding carboxylic acids is 1. The minimum Gasteiger partial charge on any atom is -0.489 e. The van der Waals surface area contributed by atoms with Crippen molar-refractivity contribution in [2.75, 3.05) is 6.61 Å². The third kappa shape index (κ3) is 7.24. The number of hydrogen-bond donors (Lipinski definition) is 0. The SMILES string of the molecule is CCOC(=O)Cc1ccccc1OCc1cc(-c2cccc(CC)c2)c2oc(C=N[S@](=O)C(C)(C)C)cc2c1. The Bertz CT molecular complexity index is 1510. The second-order valence-electron chi connectivity index (χ2n) is 10.2. The van der Waals surface area contributed by atoms with E-state index in [1.807, 2.05) is 63.2 Å². The highest BCUT2D eigenvalue weighted by molar-refractivity contribution is 7.85. The van der Waals surface area contributed by atoms with Gasteiger partial charge in [-0.15, -0.1) is 0 Å². The number of benzene rings is 3. The Labute approximate surface area is 232 Å². The van der Waals surface area contributed by atoms with Crippen LogP contribution in [-0.2, 0) is 40.0 Å². The first-order valence-corrected chi connectivity index (χ1v) is 14.3. The fourth-order valence-corrected chi connectivity index (χ4v) is 4.65. The topological polar surface area (TPSA) is 78.1 Å². The van der Waals surface area contributed by atoms with Gasteiger partial charge in [0.05, 0.1) is 24.0 Å². The van der Waals surface area contributed by atoms with Crippen molar-refractivity contribution in [2.45, 2.75) is 58.8 Å². The molecule has 0 amide bonds. The molecule has 0 saturated heterocycles. The molecular formula is C32H35NO5S. The second kappa shape index (κ2) is 12.4. The number of nitrogens with zero attached hydrogens (tertiary/aromatic N) is 1. The number of furan rings is 1. The second-order valence-corrected chi connectivity index (χ2v) is 12.2. The molecule has 204 valence electrons. The maximum absolute atomic E-state index is 12.4. The van der Waals surface area contributed by atoms with Crippen LogP contribution in [0.4, 0.5) is 0 Å². The molecule has 7 heteroatoms. The average Bonchev–Trinajstić information content (AvgIpc) is 3.33. The summed E-state index contributed by atoms with van der Waals surface area (Å²) in [5.74, 6) is 0.895. The van der Waals surface area contributed by atoms with Gasteiger partial charge in [-0.3, -0.25) is 4.79 Å². The number of ether oxygens (including phenoxy) is 2. The van der Waals surface area contributed by atoms with Gasteiger partial charge >= 0.3 is 5.97 Å². The van der Waals surface area contributed by atoms with E-state index in [0.717, 1.165) is 39.6 Å². The van der Waals surface area contributed by atoms with Crippen LogP contribution >= 0.6 is 0 Å². The van der Waals surface area contributed by atoms with E-state index in [9.17, 15) is 9.00 Å². The minimum absolute atomic E-state index is 0.151. The van der Waals surface area contributed by atoms with Crippen LogP contribution in [0.25, 0.3) is 22.1 Å². The molecule has 1 atom stereocenters. The average molecular weight is 546 g/mol. The number of carbonyl (C=O) groups is 1. The lowest BCUT2D eigenvalue weighted by atomic mass is 9.98. The van der Waals surface area contributed by atoms with Gasteiger partial charge in [-0.25, -0.2) is 4.21 Å². The van der Waals surface area contributed by atoms with E-state index in [-0.39, 0.29) is 12.4 Å². The fourth-order valence-electron chi connectivity index (χ4n) is 4.13. The van der Waals surface area contributed by atoms with Crippen LogP contribution in [0.5, 0.6) is 5.75 Å². The highest BCUT2D eigenvalue weighted by Gasteiger charge is 2.19. The number of aryl methyl sites for hydroxylation is 1. The zero-order valence-electron chi connectivity index (χ0n) is 23.2. The molecule has 4 rings (SSSR count). The largest absolute Gasteiger partial charge is 0.489 e. The predicted molar refractivity (Wildman–Crippen MR) is 158 cm³/mol. The van der Waals surface area contributed by atoms with E-state index in [4.69, 9.17) is 13.9 Å². The highest BCUT2D eigenvalue weighted by Crippen LogP contribution is 2.34. The summed E-state index contributed by atoms with van der Waals surface area (Å²) in [5, 5.41) is 0.899. The van der Waals surface area contributed by atoms with Gasteiger partial charge in [-0.2, -0.15) is 4.40 Å². The summed E-state index contributed by atoms with van der Waals surface area (Å²) in [6.07, 6.45) is 2.61. The molecule has 0 aliphatic heterocycles. The van der Waals surface area contributed by atoms with Crippen LogP contribution in [0, 0.1) is 0 Å². The van der Waals surface area contributed by atoms with Crippen molar-refractivity contribution >= 4 is 34.1 Å². The van der Waals surface area contributed by atoms with Crippen molar-refractivity contribution in [2.24, 2.45) is 4.40 Å². The summed E-state index contributed by atoms with van der Waals surface area (Å²) >= 11 is 0. The molecule has 0 saturated carbocycles. The molecule has 0 fully saturated rings. The number of fused-ring (bicyclic) bond motifs is 1. The van der Waals surface area contributed by atoms with Crippen LogP contribution in [0.15, 0.2) is 75.5 Å². The molecule has 3 aromatic carbocycles. The monoisotopic (exact) mass is 545 g/mol. The van der Waals surface area contributed by atoms with Crippen molar-refractivity contribution in [1.82, 2.24) is 0 Å². The molecule has 39 heavy (non-hydrogen) atoms.